The van der Waals surface area contributed by atoms with E-state index < -0.39 is 0 Å². The van der Waals surface area contributed by atoms with E-state index in [-0.39, 0.29) is 48.6 Å². The van der Waals surface area contributed by atoms with E-state index >= 15 is 0 Å². The highest BCUT2D eigenvalue weighted by atomic mass is 35.5. The monoisotopic (exact) mass is 725 g/mol. The third-order valence-electron chi connectivity index (χ3n) is 9.05. The van der Waals surface area contributed by atoms with Gasteiger partial charge in [0.1, 0.15) is 7.11 Å². The molecule has 2 aromatic rings. The number of carbonyl (C=O) groups is 3. The van der Waals surface area contributed by atoms with Crippen molar-refractivity contribution >= 4 is 69.8 Å². The Hall–Kier alpha value is -2.56. The predicted octanol–water partition coefficient (Wildman–Crippen LogP) is 6.73. The molecular formula is C34H43Cl4N5O4. The van der Waals surface area contributed by atoms with Crippen LogP contribution in [0.5, 0.6) is 0 Å². The summed E-state index contributed by atoms with van der Waals surface area (Å²) in [5, 5.41) is 6.03. The standard InChI is InChI=1S/C34H43Cl4N5O4/c1-40(2)32(44)19-23-6-5-12-43(34(23)46)27-9-13-42(14-10-27)15-11-28(22-7-8-29(37)30(38)18-22)31(39-47-4)21-41(3)33(45)24-16-25(35)20-26(36)17-24/h7-8,16-18,20,23,27-28H,5-6,9-15,19,21H2,1-4H3/b39-31+/t23?,28-/m1/s1. The van der Waals surface area contributed by atoms with Gasteiger partial charge in [-0.15, -0.1) is 0 Å². The van der Waals surface area contributed by atoms with Crippen molar-refractivity contribution in [2.75, 3.05) is 61.0 Å². The van der Waals surface area contributed by atoms with Crippen LogP contribution in [0.4, 0.5) is 0 Å². The van der Waals surface area contributed by atoms with Gasteiger partial charge in [-0.3, -0.25) is 14.4 Å². The molecule has 2 atom stereocenters. The Morgan fingerprint density at radius 1 is 0.957 bits per heavy atom. The lowest BCUT2D eigenvalue weighted by Gasteiger charge is -2.42. The lowest BCUT2D eigenvalue weighted by Crippen LogP contribution is -2.52. The Labute approximate surface area is 297 Å². The zero-order valence-corrected chi connectivity index (χ0v) is 30.4. The van der Waals surface area contributed by atoms with Gasteiger partial charge in [-0.2, -0.15) is 0 Å². The average Bonchev–Trinajstić information content (AvgIpc) is 3.03. The molecule has 2 fully saturated rings. The molecule has 9 nitrogen and oxygen atoms in total. The third-order valence-corrected chi connectivity index (χ3v) is 10.2. The molecule has 2 aromatic carbocycles. The number of carbonyl (C=O) groups excluding carboxylic acids is 3. The molecule has 0 N–H and O–H groups in total. The molecule has 1 unspecified atom stereocenters. The number of nitrogens with zero attached hydrogens (tertiary/aromatic N) is 5. The van der Waals surface area contributed by atoms with Crippen molar-refractivity contribution in [2.45, 2.75) is 50.5 Å². The molecule has 0 radical (unpaired) electrons. The van der Waals surface area contributed by atoms with E-state index in [9.17, 15) is 14.4 Å². The van der Waals surface area contributed by atoms with Crippen molar-refractivity contribution in [3.05, 3.63) is 67.6 Å². The number of hydrogen-bond donors (Lipinski definition) is 0. The van der Waals surface area contributed by atoms with Gasteiger partial charge in [-0.1, -0.05) is 57.6 Å². The fourth-order valence-corrected chi connectivity index (χ4v) is 7.31. The van der Waals surface area contributed by atoms with E-state index in [0.29, 0.717) is 37.8 Å². The number of amides is 3. The van der Waals surface area contributed by atoms with Gasteiger partial charge in [0, 0.05) is 80.7 Å². The van der Waals surface area contributed by atoms with Crippen molar-refractivity contribution in [1.82, 2.24) is 19.6 Å². The Morgan fingerprint density at radius 2 is 1.64 bits per heavy atom. The summed E-state index contributed by atoms with van der Waals surface area (Å²) in [4.78, 5) is 51.8. The molecule has 13 heteroatoms. The molecule has 2 aliphatic heterocycles. The number of hydrogen-bond acceptors (Lipinski definition) is 6. The van der Waals surface area contributed by atoms with Gasteiger partial charge in [-0.05, 0) is 74.5 Å². The summed E-state index contributed by atoms with van der Waals surface area (Å²) in [5.74, 6) is -0.600. The molecule has 2 heterocycles. The molecule has 0 aliphatic carbocycles. The molecule has 0 bridgehead atoms. The summed E-state index contributed by atoms with van der Waals surface area (Å²) in [7, 11) is 6.64. The molecule has 0 saturated carbocycles. The number of oxime groups is 1. The highest BCUT2D eigenvalue weighted by molar-refractivity contribution is 6.42. The molecule has 4 rings (SSSR count). The fraction of sp³-hybridized carbons (Fsp3) is 0.529. The first-order valence-corrected chi connectivity index (χ1v) is 17.4. The van der Waals surface area contributed by atoms with Crippen LogP contribution in [0, 0.1) is 5.92 Å². The smallest absolute Gasteiger partial charge is 0.254 e. The van der Waals surface area contributed by atoms with Crippen LogP contribution in [-0.2, 0) is 14.4 Å². The minimum atomic E-state index is -0.256. The summed E-state index contributed by atoms with van der Waals surface area (Å²) in [6, 6.07) is 10.4. The van der Waals surface area contributed by atoms with Crippen molar-refractivity contribution in [3.8, 4) is 0 Å². The van der Waals surface area contributed by atoms with Gasteiger partial charge in [0.05, 0.1) is 22.3 Å². The van der Waals surface area contributed by atoms with Gasteiger partial charge in [0.15, 0.2) is 0 Å². The summed E-state index contributed by atoms with van der Waals surface area (Å²) < 4.78 is 0. The van der Waals surface area contributed by atoms with Crippen molar-refractivity contribution < 1.29 is 19.2 Å². The zero-order valence-electron chi connectivity index (χ0n) is 27.4. The van der Waals surface area contributed by atoms with Crippen LogP contribution in [0.25, 0.3) is 0 Å². The summed E-state index contributed by atoms with van der Waals surface area (Å²) in [5.41, 5.74) is 1.94. The van der Waals surface area contributed by atoms with Crippen LogP contribution in [0.2, 0.25) is 20.1 Å². The van der Waals surface area contributed by atoms with E-state index in [4.69, 9.17) is 51.2 Å². The quantitative estimate of drug-likeness (QED) is 0.179. The van der Waals surface area contributed by atoms with Gasteiger partial charge in [0.25, 0.3) is 5.91 Å². The number of benzene rings is 2. The van der Waals surface area contributed by atoms with Crippen LogP contribution in [0.15, 0.2) is 41.6 Å². The third kappa shape index (κ3) is 9.98. The normalized spacial score (nSPS) is 18.6. The molecule has 256 valence electrons. The van der Waals surface area contributed by atoms with E-state index in [1.807, 2.05) is 17.0 Å². The number of likely N-dealkylation sites (tertiary alicyclic amines) is 2. The van der Waals surface area contributed by atoms with Crippen molar-refractivity contribution in [3.63, 3.8) is 0 Å². The molecule has 3 amide bonds. The van der Waals surface area contributed by atoms with Gasteiger partial charge < -0.3 is 24.4 Å². The van der Waals surface area contributed by atoms with Crippen LogP contribution in [-0.4, -0.2) is 110 Å². The predicted molar refractivity (Wildman–Crippen MR) is 189 cm³/mol. The molecule has 2 saturated heterocycles. The summed E-state index contributed by atoms with van der Waals surface area (Å²) in [6.45, 7) is 3.39. The number of piperidine rings is 2. The van der Waals surface area contributed by atoms with Crippen molar-refractivity contribution in [2.24, 2.45) is 11.1 Å². The first-order valence-electron chi connectivity index (χ1n) is 15.9. The van der Waals surface area contributed by atoms with E-state index in [0.717, 1.165) is 57.4 Å². The maximum atomic E-state index is 13.4. The van der Waals surface area contributed by atoms with Gasteiger partial charge in [0.2, 0.25) is 11.8 Å². The maximum absolute atomic E-state index is 13.4. The Morgan fingerprint density at radius 3 is 2.26 bits per heavy atom. The summed E-state index contributed by atoms with van der Waals surface area (Å²) in [6.07, 6.45) is 4.39. The highest BCUT2D eigenvalue weighted by Crippen LogP contribution is 2.32. The number of halogens is 4. The Balaban J connectivity index is 1.44. The zero-order chi connectivity index (χ0) is 34.2. The topological polar surface area (TPSA) is 85.8 Å². The molecule has 0 aromatic heterocycles. The number of rotatable bonds is 12. The Bertz CT molecular complexity index is 1440. The SMILES string of the molecule is CO/N=C(\CN(C)C(=O)c1cc(Cl)cc(Cl)c1)[C@H](CCN1CCC(N2CCCC(CC(=O)N(C)C)C2=O)CC1)c1ccc(Cl)c(Cl)c1. The maximum Gasteiger partial charge on any atom is 0.254 e. The molecule has 2 aliphatic rings. The second-order valence-corrected chi connectivity index (χ2v) is 14.2. The minimum Gasteiger partial charge on any atom is -0.399 e. The van der Waals surface area contributed by atoms with Crippen LogP contribution in [0.1, 0.15) is 60.4 Å². The van der Waals surface area contributed by atoms with Crippen LogP contribution < -0.4 is 0 Å². The van der Waals surface area contributed by atoms with E-state index in [1.54, 1.807) is 55.2 Å². The molecular weight excluding hydrogens is 684 g/mol. The minimum absolute atomic E-state index is 0.00245. The largest absolute Gasteiger partial charge is 0.399 e. The lowest BCUT2D eigenvalue weighted by atomic mass is 9.89. The average molecular weight is 728 g/mol. The van der Waals surface area contributed by atoms with Crippen LogP contribution >= 0.6 is 46.4 Å². The summed E-state index contributed by atoms with van der Waals surface area (Å²) >= 11 is 25.0. The Kier molecular flexibility index (Phi) is 13.6. The van der Waals surface area contributed by atoms with Gasteiger partial charge in [-0.25, -0.2) is 0 Å². The second-order valence-electron chi connectivity index (χ2n) is 12.5. The highest BCUT2D eigenvalue weighted by Gasteiger charge is 2.36. The van der Waals surface area contributed by atoms with Crippen molar-refractivity contribution in [1.29, 1.82) is 0 Å². The van der Waals surface area contributed by atoms with E-state index in [1.165, 1.54) is 7.11 Å². The van der Waals surface area contributed by atoms with Gasteiger partial charge >= 0.3 is 0 Å². The molecule has 0 spiro atoms. The van der Waals surface area contributed by atoms with E-state index in [2.05, 4.69) is 10.1 Å². The second kappa shape index (κ2) is 17.2. The lowest BCUT2D eigenvalue weighted by molar-refractivity contribution is -0.146. The first-order chi connectivity index (χ1) is 22.4. The fourth-order valence-electron chi connectivity index (χ4n) is 6.47. The first kappa shape index (κ1) is 37.3. The molecule has 47 heavy (non-hydrogen) atoms. The van der Waals surface area contributed by atoms with Crippen LogP contribution in [0.3, 0.4) is 0 Å².